The van der Waals surface area contributed by atoms with Crippen LogP contribution in [0.25, 0.3) is 0 Å². The monoisotopic (exact) mass is 1180 g/mol. The highest BCUT2D eigenvalue weighted by molar-refractivity contribution is 7.90. The Bertz CT molecular complexity index is 3110. The number of hydrogen-bond donors (Lipinski definition) is 4. The lowest BCUT2D eigenvalue weighted by atomic mass is 9.68. The first-order chi connectivity index (χ1) is 38.4. The quantitative estimate of drug-likeness (QED) is 0.131. The van der Waals surface area contributed by atoms with Gasteiger partial charge in [-0.2, -0.15) is 0 Å². The zero-order valence-corrected chi connectivity index (χ0v) is 48.4. The van der Waals surface area contributed by atoms with Crippen LogP contribution in [0.4, 0.5) is 11.4 Å². The van der Waals surface area contributed by atoms with E-state index >= 15 is 0 Å². The molecule has 4 saturated carbocycles. The van der Waals surface area contributed by atoms with Gasteiger partial charge < -0.3 is 29.5 Å². The number of carbonyl (C=O) groups is 2. The number of rotatable bonds is 0. The molecule has 436 valence electrons. The Labute approximate surface area is 488 Å². The van der Waals surface area contributed by atoms with E-state index in [1.54, 1.807) is 36.4 Å². The predicted molar refractivity (Wildman–Crippen MR) is 316 cm³/mol. The molecular formula is C63H78Cl2N4O10S2. The second-order valence-electron chi connectivity index (χ2n) is 25.7. The van der Waals surface area contributed by atoms with Crippen molar-refractivity contribution in [1.82, 2.24) is 9.44 Å². The van der Waals surface area contributed by atoms with E-state index in [1.165, 1.54) is 22.3 Å². The van der Waals surface area contributed by atoms with E-state index in [-0.39, 0.29) is 65.6 Å². The molecule has 4 heterocycles. The topological polar surface area (TPSA) is 192 Å². The molecule has 18 heteroatoms. The number of sulfonamides is 2. The lowest BCUT2D eigenvalue weighted by Crippen LogP contribution is -2.50. The Balaban J connectivity index is 0.000000159. The molecule has 4 aromatic rings. The summed E-state index contributed by atoms with van der Waals surface area (Å²) < 4.78 is 68.5. The Kier molecular flexibility index (Phi) is 15.5. The van der Waals surface area contributed by atoms with E-state index in [9.17, 15) is 36.6 Å². The fourth-order valence-electron chi connectivity index (χ4n) is 15.9. The maximum absolute atomic E-state index is 13.1. The fourth-order valence-corrected chi connectivity index (χ4v) is 18.4. The zero-order chi connectivity index (χ0) is 55.3. The second-order valence-corrected chi connectivity index (χ2v) is 30.2. The van der Waals surface area contributed by atoms with Gasteiger partial charge in [0, 0.05) is 58.2 Å². The average Bonchev–Trinajstić information content (AvgIpc) is 4.40. The number of aliphatic hydroxyl groups is 2. The van der Waals surface area contributed by atoms with Crippen molar-refractivity contribution >= 4 is 66.4 Å². The van der Waals surface area contributed by atoms with Crippen LogP contribution in [0.15, 0.2) is 72.8 Å². The van der Waals surface area contributed by atoms with Crippen molar-refractivity contribution < 1.29 is 46.1 Å². The number of aliphatic hydroxyl groups excluding tert-OH is 2. The van der Waals surface area contributed by atoms with Crippen molar-refractivity contribution in [3.8, 4) is 11.5 Å². The third-order valence-corrected chi connectivity index (χ3v) is 23.8. The first-order valence-electron chi connectivity index (χ1n) is 29.5. The van der Waals surface area contributed by atoms with E-state index in [2.05, 4.69) is 43.5 Å². The molecule has 4 fully saturated rings. The minimum absolute atomic E-state index is 0. The lowest BCUT2D eigenvalue weighted by Gasteiger charge is -2.46. The average molecular weight is 1190 g/mol. The number of anilines is 2. The highest BCUT2D eigenvalue weighted by atomic mass is 35.5. The van der Waals surface area contributed by atoms with Crippen molar-refractivity contribution in [2.24, 2.45) is 47.3 Å². The van der Waals surface area contributed by atoms with Crippen LogP contribution in [0.3, 0.4) is 0 Å². The standard InChI is InChI=1S/2C31H37ClN2O5S.CH4/c2*32-23-7-9-26-20(13-23)3-1-11-31(26)17-34-16-22-5-8-24(22)29(35)25-14-19(25)4-2-12-40(37,38)33-30(36)21-6-10-28(39-18-31)27(34)15-21;/h2*6-7,9-10,13,15,19,22,24-25,29,35H,1-5,8,11-12,14,16-18H2,(H,33,36);1H4/t19-,22+,24-,25-,29-,31+;19-,22-,24+,25-,29+,31-;/m10./s1. The van der Waals surface area contributed by atoms with Crippen molar-refractivity contribution in [3.05, 3.63) is 116 Å². The van der Waals surface area contributed by atoms with E-state index in [0.717, 1.165) is 137 Å². The summed E-state index contributed by atoms with van der Waals surface area (Å²) in [5.74, 6) is 2.50. The molecule has 4 N–H and O–H groups in total. The molecule has 14 nitrogen and oxygen atoms in total. The molecule has 0 aromatic heterocycles. The van der Waals surface area contributed by atoms with Gasteiger partial charge in [-0.3, -0.25) is 9.59 Å². The summed E-state index contributed by atoms with van der Waals surface area (Å²) in [6.07, 6.45) is 14.0. The Morgan fingerprint density at radius 1 is 0.531 bits per heavy atom. The van der Waals surface area contributed by atoms with Crippen molar-refractivity contribution in [3.63, 3.8) is 0 Å². The van der Waals surface area contributed by atoms with Gasteiger partial charge in [-0.25, -0.2) is 26.3 Å². The Morgan fingerprint density at radius 3 is 1.37 bits per heavy atom. The smallest absolute Gasteiger partial charge is 0.264 e. The number of amides is 2. The normalized spacial score (nSPS) is 34.3. The highest BCUT2D eigenvalue weighted by Crippen LogP contribution is 2.55. The van der Waals surface area contributed by atoms with Crippen LogP contribution in [-0.4, -0.2) is 102 Å². The first kappa shape index (κ1) is 56.9. The highest BCUT2D eigenvalue weighted by Gasteiger charge is 2.52. The van der Waals surface area contributed by atoms with Crippen LogP contribution in [-0.2, 0) is 43.7 Å². The number of nitrogens with one attached hydrogen (secondary N) is 2. The molecule has 4 aliphatic heterocycles. The predicted octanol–water partition coefficient (Wildman–Crippen LogP) is 10.0. The van der Waals surface area contributed by atoms with Gasteiger partial charge >= 0.3 is 0 Å². The number of hydrogen-bond acceptors (Lipinski definition) is 12. The summed E-state index contributed by atoms with van der Waals surface area (Å²) in [6.45, 7) is 4.02. The molecule has 6 aliphatic carbocycles. The van der Waals surface area contributed by atoms with Crippen molar-refractivity contribution in [2.75, 3.05) is 60.7 Å². The summed E-state index contributed by atoms with van der Waals surface area (Å²) in [5, 5.41) is 24.2. The summed E-state index contributed by atoms with van der Waals surface area (Å²) >= 11 is 12.8. The maximum Gasteiger partial charge on any atom is 0.264 e. The van der Waals surface area contributed by atoms with Gasteiger partial charge in [-0.1, -0.05) is 42.8 Å². The van der Waals surface area contributed by atoms with Crippen LogP contribution < -0.4 is 28.7 Å². The molecular weight excluding hydrogens is 1110 g/mol. The summed E-state index contributed by atoms with van der Waals surface area (Å²) in [6, 6.07) is 22.9. The Hall–Kier alpha value is -4.58. The van der Waals surface area contributed by atoms with Crippen LogP contribution in [0.1, 0.15) is 140 Å². The largest absolute Gasteiger partial charge is 0.490 e. The number of benzene rings is 4. The van der Waals surface area contributed by atoms with Gasteiger partial charge in [0.05, 0.1) is 48.3 Å². The molecule has 2 spiro atoms. The van der Waals surface area contributed by atoms with Crippen molar-refractivity contribution in [1.29, 1.82) is 0 Å². The molecule has 4 aromatic carbocycles. The van der Waals surface area contributed by atoms with E-state index in [4.69, 9.17) is 32.7 Å². The fraction of sp³-hybridized carbons (Fsp3) is 0.587. The number of halogens is 2. The van der Waals surface area contributed by atoms with Crippen LogP contribution in [0.2, 0.25) is 10.0 Å². The Morgan fingerprint density at radius 2 is 0.963 bits per heavy atom. The van der Waals surface area contributed by atoms with Gasteiger partial charge in [0.25, 0.3) is 11.8 Å². The third-order valence-electron chi connectivity index (χ3n) is 20.6. The molecule has 10 aliphatic rings. The van der Waals surface area contributed by atoms with Gasteiger partial charge in [0.1, 0.15) is 11.5 Å². The number of carbonyl (C=O) groups excluding carboxylic acids is 2. The number of ether oxygens (including phenoxy) is 2. The summed E-state index contributed by atoms with van der Waals surface area (Å²) in [4.78, 5) is 31.0. The molecule has 12 atom stereocenters. The molecule has 0 saturated heterocycles. The van der Waals surface area contributed by atoms with Gasteiger partial charge in [-0.15, -0.1) is 0 Å². The summed E-state index contributed by atoms with van der Waals surface area (Å²) in [5.41, 5.74) is 6.88. The zero-order valence-electron chi connectivity index (χ0n) is 45.3. The minimum atomic E-state index is -3.75. The molecule has 81 heavy (non-hydrogen) atoms. The second kappa shape index (κ2) is 22.1. The van der Waals surface area contributed by atoms with Crippen LogP contribution in [0.5, 0.6) is 11.5 Å². The SMILES string of the molecule is C.O=C1NS(=O)(=O)CCC[C@@H]2C[C@H]2[C@H](O)[C@@H]2CC[C@H]2CN2C[C@@]3(CCCc4cc(Cl)ccc43)COc3ccc1cc32.O=C1NS(=O)(=O)CCC[C@H]2C[C@@H]2[C@H](O)[C@@H]2CC[C@H]2CN2C[C@@]3(CCCc4cc(Cl)ccc43)COc3ccc1cc32. The van der Waals surface area contributed by atoms with Gasteiger partial charge in [0.15, 0.2) is 0 Å². The van der Waals surface area contributed by atoms with Crippen LogP contribution >= 0.6 is 23.2 Å². The van der Waals surface area contributed by atoms with E-state index < -0.39 is 31.9 Å². The van der Waals surface area contributed by atoms with Crippen molar-refractivity contribution in [2.45, 2.75) is 133 Å². The number of nitrogens with zero attached hydrogens (tertiary/aromatic N) is 2. The van der Waals surface area contributed by atoms with Crippen LogP contribution in [0, 0.1) is 47.3 Å². The number of fused-ring (bicyclic) bond motifs is 10. The molecule has 0 radical (unpaired) electrons. The number of aryl methyl sites for hydroxylation is 2. The minimum Gasteiger partial charge on any atom is -0.490 e. The lowest BCUT2D eigenvalue weighted by molar-refractivity contribution is -0.00196. The third kappa shape index (κ3) is 11.3. The molecule has 2 amide bonds. The molecule has 4 bridgehead atoms. The van der Waals surface area contributed by atoms with E-state index in [0.29, 0.717) is 72.4 Å². The first-order valence-corrected chi connectivity index (χ1v) is 33.6. The van der Waals surface area contributed by atoms with Gasteiger partial charge in [-0.05, 0) is 233 Å². The van der Waals surface area contributed by atoms with Gasteiger partial charge in [0.2, 0.25) is 20.0 Å². The van der Waals surface area contributed by atoms with E-state index in [1.807, 2.05) is 12.1 Å². The summed E-state index contributed by atoms with van der Waals surface area (Å²) in [7, 11) is -7.51. The molecule has 0 unspecified atom stereocenters. The molecule has 14 rings (SSSR count). The maximum atomic E-state index is 13.1.